The molecule has 0 aromatic heterocycles. The summed E-state index contributed by atoms with van der Waals surface area (Å²) in [5.74, 6) is -1.15. The van der Waals surface area contributed by atoms with E-state index in [0.717, 1.165) is 11.6 Å². The van der Waals surface area contributed by atoms with Crippen molar-refractivity contribution in [2.75, 3.05) is 0 Å². The van der Waals surface area contributed by atoms with E-state index in [0.29, 0.717) is 5.56 Å². The summed E-state index contributed by atoms with van der Waals surface area (Å²) >= 11 is 5.93. The van der Waals surface area contributed by atoms with Gasteiger partial charge < -0.3 is 5.32 Å². The Morgan fingerprint density at radius 2 is 1.64 bits per heavy atom. The maximum atomic E-state index is 12.5. The molecule has 0 bridgehead atoms. The van der Waals surface area contributed by atoms with E-state index in [2.05, 4.69) is 9.71 Å². The lowest BCUT2D eigenvalue weighted by atomic mass is 10.1. The maximum absolute atomic E-state index is 12.5. The summed E-state index contributed by atoms with van der Waals surface area (Å²) < 4.78 is 28.7. The average molecular weight is 415 g/mol. The Kier molecular flexibility index (Phi) is 5.58. The molecule has 6 nitrogen and oxygen atoms in total. The largest absolute Gasteiger partial charge is 0.319 e. The van der Waals surface area contributed by atoms with Crippen LogP contribution < -0.4 is 5.32 Å². The molecule has 0 saturated carbocycles. The van der Waals surface area contributed by atoms with Crippen molar-refractivity contribution in [3.05, 3.63) is 88.6 Å². The lowest BCUT2D eigenvalue weighted by Crippen LogP contribution is -2.30. The number of hydrogen-bond acceptors (Lipinski definition) is 4. The number of nitrogens with one attached hydrogen (secondary N) is 1. The smallest absolute Gasteiger partial charge is 0.282 e. The Bertz CT molecular complexity index is 1130. The topological polar surface area (TPSA) is 92.7 Å². The van der Waals surface area contributed by atoms with Crippen LogP contribution in [0.4, 0.5) is 0 Å². The summed E-state index contributed by atoms with van der Waals surface area (Å²) in [4.78, 5) is 24.5. The van der Waals surface area contributed by atoms with E-state index in [1.807, 2.05) is 6.92 Å². The molecule has 0 heterocycles. The molecule has 1 N–H and O–H groups in total. The highest BCUT2D eigenvalue weighted by atomic mass is 35.5. The van der Waals surface area contributed by atoms with Crippen LogP contribution in [0.15, 0.2) is 86.8 Å². The van der Waals surface area contributed by atoms with Crippen LogP contribution >= 0.6 is 11.6 Å². The minimum Gasteiger partial charge on any atom is -0.319 e. The van der Waals surface area contributed by atoms with Gasteiger partial charge in [0.1, 0.15) is 0 Å². The summed E-state index contributed by atoms with van der Waals surface area (Å²) in [6.45, 7) is 1.84. The van der Waals surface area contributed by atoms with Gasteiger partial charge >= 0.3 is 0 Å². The molecule has 1 aliphatic carbocycles. The molecule has 0 fully saturated rings. The fourth-order valence-corrected chi connectivity index (χ4v) is 3.59. The van der Waals surface area contributed by atoms with Gasteiger partial charge in [0.2, 0.25) is 5.78 Å². The third-order valence-corrected chi connectivity index (χ3v) is 5.46. The lowest BCUT2D eigenvalue weighted by Gasteiger charge is -2.13. The molecule has 2 aromatic carbocycles. The van der Waals surface area contributed by atoms with Crippen molar-refractivity contribution in [3.8, 4) is 0 Å². The van der Waals surface area contributed by atoms with Crippen LogP contribution in [0.2, 0.25) is 0 Å². The van der Waals surface area contributed by atoms with Crippen molar-refractivity contribution < 1.29 is 18.0 Å². The van der Waals surface area contributed by atoms with Gasteiger partial charge in [0.25, 0.3) is 15.9 Å². The van der Waals surface area contributed by atoms with Gasteiger partial charge in [0.05, 0.1) is 21.3 Å². The van der Waals surface area contributed by atoms with Gasteiger partial charge in [-0.3, -0.25) is 9.59 Å². The van der Waals surface area contributed by atoms with E-state index < -0.39 is 21.7 Å². The molecular formula is C20H15ClN2O4S. The number of halogens is 1. The highest BCUT2D eigenvalue weighted by Crippen LogP contribution is 2.19. The predicted molar refractivity (Wildman–Crippen MR) is 107 cm³/mol. The molecular weight excluding hydrogens is 400 g/mol. The highest BCUT2D eigenvalue weighted by Gasteiger charge is 2.23. The van der Waals surface area contributed by atoms with Crippen molar-refractivity contribution in [2.24, 2.45) is 4.40 Å². The van der Waals surface area contributed by atoms with Gasteiger partial charge in [-0.15, -0.1) is 0 Å². The number of amides is 1. The number of benzene rings is 2. The van der Waals surface area contributed by atoms with Crippen LogP contribution in [0.25, 0.3) is 0 Å². The molecule has 0 saturated heterocycles. The molecule has 0 unspecified atom stereocenters. The summed E-state index contributed by atoms with van der Waals surface area (Å²) in [6.07, 6.45) is 2.33. The normalized spacial score (nSPS) is 15.8. The van der Waals surface area contributed by atoms with Crippen molar-refractivity contribution >= 4 is 39.0 Å². The van der Waals surface area contributed by atoms with Crippen molar-refractivity contribution in [1.29, 1.82) is 0 Å². The first-order chi connectivity index (χ1) is 13.3. The van der Waals surface area contributed by atoms with Crippen LogP contribution in [-0.4, -0.2) is 25.8 Å². The number of Topliss-reactive ketones (excluding diaryl/α,β-unsaturated/α-hetero) is 1. The molecule has 28 heavy (non-hydrogen) atoms. The minimum atomic E-state index is -4.01. The summed E-state index contributed by atoms with van der Waals surface area (Å²) in [7, 11) is -4.01. The van der Waals surface area contributed by atoms with Gasteiger partial charge in [-0.1, -0.05) is 47.5 Å². The number of rotatable bonds is 4. The Labute approximate surface area is 167 Å². The molecule has 0 radical (unpaired) electrons. The molecule has 0 spiro atoms. The molecule has 0 aliphatic heterocycles. The van der Waals surface area contributed by atoms with Crippen LogP contribution in [0.3, 0.4) is 0 Å². The van der Waals surface area contributed by atoms with Gasteiger partial charge in [-0.2, -0.15) is 12.8 Å². The van der Waals surface area contributed by atoms with E-state index in [1.54, 1.807) is 42.5 Å². The van der Waals surface area contributed by atoms with E-state index in [9.17, 15) is 18.0 Å². The number of ketones is 1. The van der Waals surface area contributed by atoms with Gasteiger partial charge in [-0.25, -0.2) is 0 Å². The number of allylic oxidation sites excluding steroid dienone is 3. The number of carbonyl (C=O) groups excluding carboxylic acids is 2. The van der Waals surface area contributed by atoms with Gasteiger partial charge in [0, 0.05) is 5.56 Å². The molecule has 142 valence electrons. The first-order valence-corrected chi connectivity index (χ1v) is 10.00. The zero-order chi connectivity index (χ0) is 20.3. The van der Waals surface area contributed by atoms with E-state index >= 15 is 0 Å². The molecule has 0 atom stereocenters. The summed E-state index contributed by atoms with van der Waals surface area (Å²) in [6, 6.07) is 14.5. The molecule has 2 aromatic rings. The van der Waals surface area contributed by atoms with E-state index in [1.165, 1.54) is 18.2 Å². The summed E-state index contributed by atoms with van der Waals surface area (Å²) in [5, 5.41) is 2.20. The van der Waals surface area contributed by atoms with Crippen LogP contribution in [-0.2, 0) is 14.8 Å². The standard InChI is InChI=1S/C20H15ClN2O4S/c1-13-7-9-16(10-8-13)28(26,27)23-15-11-17(21)19(24)18(12-15)22-20(25)14-5-3-2-4-6-14/h2-12H,1H3,(H,22,25). The second kappa shape index (κ2) is 7.92. The average Bonchev–Trinajstić information content (AvgIpc) is 2.66. The van der Waals surface area contributed by atoms with Crippen molar-refractivity contribution in [3.63, 3.8) is 0 Å². The lowest BCUT2D eigenvalue weighted by molar-refractivity contribution is -0.112. The Morgan fingerprint density at radius 3 is 2.29 bits per heavy atom. The van der Waals surface area contributed by atoms with Crippen molar-refractivity contribution in [1.82, 2.24) is 5.32 Å². The molecule has 1 amide bonds. The Balaban J connectivity index is 1.92. The zero-order valence-corrected chi connectivity index (χ0v) is 16.3. The first kappa shape index (κ1) is 19.7. The monoisotopic (exact) mass is 414 g/mol. The zero-order valence-electron chi connectivity index (χ0n) is 14.7. The highest BCUT2D eigenvalue weighted by molar-refractivity contribution is 7.90. The first-order valence-electron chi connectivity index (χ1n) is 8.18. The van der Waals surface area contributed by atoms with Gasteiger partial charge in [-0.05, 0) is 43.3 Å². The van der Waals surface area contributed by atoms with E-state index in [4.69, 9.17) is 11.6 Å². The number of nitrogens with zero attached hydrogens (tertiary/aromatic N) is 1. The van der Waals surface area contributed by atoms with Crippen LogP contribution in [0.5, 0.6) is 0 Å². The molecule has 3 rings (SSSR count). The third kappa shape index (κ3) is 4.44. The number of carbonyl (C=O) groups is 2. The minimum absolute atomic E-state index is 0.00953. The molecule has 8 heteroatoms. The van der Waals surface area contributed by atoms with Crippen molar-refractivity contribution in [2.45, 2.75) is 11.8 Å². The van der Waals surface area contributed by atoms with Crippen LogP contribution in [0.1, 0.15) is 15.9 Å². The summed E-state index contributed by atoms with van der Waals surface area (Å²) in [5.41, 5.74) is 1.03. The number of aryl methyl sites for hydroxylation is 1. The maximum Gasteiger partial charge on any atom is 0.282 e. The predicted octanol–water partition coefficient (Wildman–Crippen LogP) is 3.14. The SMILES string of the molecule is Cc1ccc(S(=O)(=O)N=C2C=C(Cl)C(=O)C(NC(=O)c3ccccc3)=C2)cc1. The second-order valence-electron chi connectivity index (χ2n) is 6.00. The fraction of sp³-hybridized carbons (Fsp3) is 0.0500. The quantitative estimate of drug-likeness (QED) is 0.778. The Morgan fingerprint density at radius 1 is 1.00 bits per heavy atom. The van der Waals surface area contributed by atoms with Gasteiger partial charge in [0.15, 0.2) is 0 Å². The third-order valence-electron chi connectivity index (χ3n) is 3.86. The molecule has 1 aliphatic rings. The fourth-order valence-electron chi connectivity index (χ4n) is 2.41. The van der Waals surface area contributed by atoms with E-state index in [-0.39, 0.29) is 21.3 Å². The number of hydrogen-bond donors (Lipinski definition) is 1. The second-order valence-corrected chi connectivity index (χ2v) is 8.02. The Hall–Kier alpha value is -3.03. The number of sulfonamides is 1. The van der Waals surface area contributed by atoms with Crippen LogP contribution in [0, 0.1) is 6.92 Å².